The molecule has 0 aliphatic carbocycles. The molecule has 0 saturated carbocycles. The molecule has 0 saturated heterocycles. The van der Waals surface area contributed by atoms with Crippen molar-refractivity contribution in [2.45, 2.75) is 31.0 Å². The first-order chi connectivity index (χ1) is 21.6. The molecule has 0 unspecified atom stereocenters. The quantitative estimate of drug-likeness (QED) is 0.155. The van der Waals surface area contributed by atoms with E-state index < -0.39 is 27.0 Å². The van der Waals surface area contributed by atoms with E-state index in [0.29, 0.717) is 22.4 Å². The van der Waals surface area contributed by atoms with E-state index in [4.69, 9.17) is 14.0 Å². The summed E-state index contributed by atoms with van der Waals surface area (Å²) in [4.78, 5) is 4.58. The second-order valence-electron chi connectivity index (χ2n) is 11.2. The molecule has 0 amide bonds. The summed E-state index contributed by atoms with van der Waals surface area (Å²) in [5.41, 5.74) is 2.52. The first-order valence-electron chi connectivity index (χ1n) is 16.5. The van der Waals surface area contributed by atoms with Gasteiger partial charge in [-0.05, 0) is 21.5 Å². The average molecular weight is 573 g/mol. The molecule has 0 radical (unpaired) electrons. The minimum atomic E-state index is -2.59. The van der Waals surface area contributed by atoms with Crippen LogP contribution in [0, 0.1) is 13.7 Å². The fourth-order valence-corrected chi connectivity index (χ4v) is 7.73. The van der Waals surface area contributed by atoms with Crippen LogP contribution in [0.25, 0.3) is 65.9 Å². The molecule has 2 heterocycles. The molecule has 7 aromatic rings. The number of fused-ring (bicyclic) bond motifs is 6. The van der Waals surface area contributed by atoms with Crippen molar-refractivity contribution in [2.24, 2.45) is 0 Å². The fraction of sp³-hybridized carbons (Fsp3) is 0.139. The Morgan fingerprint density at radius 2 is 1.51 bits per heavy atom. The molecule has 0 aliphatic rings. The standard InChI is InChI=1S/C36H31GeNO/c1-22-17-26(37(3,4)5)15-16-27(22)31-19-34(38-21-23(31)2)30-12-8-11-29-33-18-25-14-13-24-9-6-7-10-28(24)32(25)20-35(33)39-36(29)30/h6-21H,1-5H3/i1D3,2D3,16D. The third kappa shape index (κ3) is 3.97. The monoisotopic (exact) mass is 574 g/mol. The molecule has 7 rings (SSSR count). The third-order valence-electron chi connectivity index (χ3n) is 7.62. The molecule has 2 nitrogen and oxygen atoms in total. The van der Waals surface area contributed by atoms with Crippen LogP contribution in [-0.4, -0.2) is 18.3 Å². The van der Waals surface area contributed by atoms with E-state index in [0.717, 1.165) is 36.7 Å². The van der Waals surface area contributed by atoms with E-state index in [-0.39, 0.29) is 28.3 Å². The second kappa shape index (κ2) is 8.82. The summed E-state index contributed by atoms with van der Waals surface area (Å²) in [6.07, 6.45) is 1.29. The van der Waals surface area contributed by atoms with Gasteiger partial charge in [-0.3, -0.25) is 0 Å². The normalized spacial score (nSPS) is 15.5. The SMILES string of the molecule is [2H]c1c[c]([Ge]([CH3])([CH3])[CH3])cc(C([2H])([2H])[2H])c1-c1cc(-c2cccc3c2oc2cc4c(ccc5ccccc54)cc23)ncc1C([2H])([2H])[2H]. The molecule has 0 aliphatic heterocycles. The zero-order valence-electron chi connectivity index (χ0n) is 29.0. The van der Waals surface area contributed by atoms with Crippen LogP contribution in [-0.2, 0) is 0 Å². The molecule has 190 valence electrons. The van der Waals surface area contributed by atoms with Gasteiger partial charge in [0.2, 0.25) is 0 Å². The van der Waals surface area contributed by atoms with Gasteiger partial charge in [-0.2, -0.15) is 0 Å². The first-order valence-corrected chi connectivity index (χ1v) is 20.4. The molecule has 39 heavy (non-hydrogen) atoms. The topological polar surface area (TPSA) is 26.0 Å². The summed E-state index contributed by atoms with van der Waals surface area (Å²) < 4.78 is 66.4. The van der Waals surface area contributed by atoms with Crippen molar-refractivity contribution < 1.29 is 14.0 Å². The number of nitrogens with zero attached hydrogens (tertiary/aromatic N) is 1. The Labute approximate surface area is 241 Å². The number of rotatable bonds is 3. The Hall–Kier alpha value is -3.89. The van der Waals surface area contributed by atoms with Crippen LogP contribution in [0.3, 0.4) is 0 Å². The first kappa shape index (κ1) is 17.7. The van der Waals surface area contributed by atoms with Crippen LogP contribution in [0.2, 0.25) is 17.3 Å². The number of pyridine rings is 1. The van der Waals surface area contributed by atoms with Crippen molar-refractivity contribution in [3.8, 4) is 22.4 Å². The molecule has 0 N–H and O–H groups in total. The second-order valence-corrected chi connectivity index (χ2v) is 21.8. The van der Waals surface area contributed by atoms with Gasteiger partial charge in [-0.15, -0.1) is 0 Å². The number of para-hydroxylation sites is 1. The molecule has 3 heteroatoms. The Bertz CT molecular complexity index is 2350. The number of aryl methyl sites for hydroxylation is 2. The van der Waals surface area contributed by atoms with Gasteiger partial charge in [-0.25, -0.2) is 0 Å². The van der Waals surface area contributed by atoms with Gasteiger partial charge in [0.1, 0.15) is 0 Å². The van der Waals surface area contributed by atoms with Gasteiger partial charge in [-0.1, -0.05) is 36.4 Å². The maximum absolute atomic E-state index is 9.02. The van der Waals surface area contributed by atoms with E-state index in [9.17, 15) is 0 Å². The van der Waals surface area contributed by atoms with E-state index in [1.807, 2.05) is 30.3 Å². The van der Waals surface area contributed by atoms with Crippen LogP contribution in [0.4, 0.5) is 0 Å². The van der Waals surface area contributed by atoms with Gasteiger partial charge >= 0.3 is 184 Å². The van der Waals surface area contributed by atoms with Crippen LogP contribution in [0.15, 0.2) is 102 Å². The Morgan fingerprint density at radius 3 is 2.36 bits per heavy atom. The van der Waals surface area contributed by atoms with Crippen LogP contribution in [0.1, 0.15) is 20.7 Å². The summed E-state index contributed by atoms with van der Waals surface area (Å²) in [6, 6.07) is 27.4. The van der Waals surface area contributed by atoms with Crippen molar-refractivity contribution in [3.63, 3.8) is 0 Å². The summed E-state index contributed by atoms with van der Waals surface area (Å²) >= 11 is -2.55. The zero-order valence-corrected chi connectivity index (χ0v) is 24.1. The summed E-state index contributed by atoms with van der Waals surface area (Å²) in [5, 5.41) is 6.27. The van der Waals surface area contributed by atoms with Crippen molar-refractivity contribution >= 4 is 61.1 Å². The number of furan rings is 1. The number of hydrogen-bond acceptors (Lipinski definition) is 2. The summed E-state index contributed by atoms with van der Waals surface area (Å²) in [5.74, 6) is 6.40. The predicted octanol–water partition coefficient (Wildman–Crippen LogP) is 9.78. The van der Waals surface area contributed by atoms with E-state index in [2.05, 4.69) is 58.7 Å². The molecular weight excluding hydrogens is 535 g/mol. The van der Waals surface area contributed by atoms with Crippen molar-refractivity contribution in [1.82, 2.24) is 4.98 Å². The summed E-state index contributed by atoms with van der Waals surface area (Å²) in [6.45, 7) is -5.15. The molecule has 0 bridgehead atoms. The number of aromatic nitrogens is 1. The van der Waals surface area contributed by atoms with Gasteiger partial charge in [0.05, 0.1) is 0 Å². The van der Waals surface area contributed by atoms with E-state index in [1.54, 1.807) is 18.2 Å². The molecule has 0 spiro atoms. The predicted molar refractivity (Wildman–Crippen MR) is 170 cm³/mol. The van der Waals surface area contributed by atoms with Crippen LogP contribution in [0.5, 0.6) is 0 Å². The van der Waals surface area contributed by atoms with E-state index >= 15 is 0 Å². The fourth-order valence-electron chi connectivity index (χ4n) is 5.46. The third-order valence-corrected chi connectivity index (χ3v) is 11.9. The number of hydrogen-bond donors (Lipinski definition) is 0. The van der Waals surface area contributed by atoms with Crippen molar-refractivity contribution in [1.29, 1.82) is 0 Å². The molecule has 5 aromatic carbocycles. The average Bonchev–Trinajstić information content (AvgIpc) is 3.35. The van der Waals surface area contributed by atoms with Crippen molar-refractivity contribution in [2.75, 3.05) is 0 Å². The molecule has 0 atom stereocenters. The van der Waals surface area contributed by atoms with Gasteiger partial charge in [0, 0.05) is 0 Å². The number of benzene rings is 5. The maximum atomic E-state index is 9.02. The van der Waals surface area contributed by atoms with E-state index in [1.165, 1.54) is 6.20 Å². The Morgan fingerprint density at radius 1 is 0.692 bits per heavy atom. The molecular formula is C36H31GeNO. The summed E-state index contributed by atoms with van der Waals surface area (Å²) in [7, 11) is 0. The van der Waals surface area contributed by atoms with Gasteiger partial charge < -0.3 is 0 Å². The van der Waals surface area contributed by atoms with Crippen molar-refractivity contribution in [3.05, 3.63) is 108 Å². The molecule has 0 fully saturated rings. The van der Waals surface area contributed by atoms with Crippen LogP contribution < -0.4 is 4.40 Å². The minimum absolute atomic E-state index is 0.00677. The Kier molecular flexibility index (Phi) is 3.99. The Balaban J connectivity index is 1.49. The van der Waals surface area contributed by atoms with Crippen LogP contribution >= 0.6 is 0 Å². The molecule has 2 aromatic heterocycles. The van der Waals surface area contributed by atoms with Gasteiger partial charge in [0.25, 0.3) is 0 Å². The zero-order chi connectivity index (χ0) is 32.8. The van der Waals surface area contributed by atoms with Gasteiger partial charge in [0.15, 0.2) is 0 Å².